The quantitative estimate of drug-likeness (QED) is 0.476. The van der Waals surface area contributed by atoms with E-state index in [-0.39, 0.29) is 5.91 Å². The predicted molar refractivity (Wildman–Crippen MR) is 116 cm³/mol. The molecule has 0 saturated carbocycles. The van der Waals surface area contributed by atoms with E-state index in [2.05, 4.69) is 20.6 Å². The summed E-state index contributed by atoms with van der Waals surface area (Å²) in [5.74, 6) is 1.57. The number of hydrogen-bond acceptors (Lipinski definition) is 5. The Bertz CT molecular complexity index is 1110. The first-order chi connectivity index (χ1) is 14.7. The highest BCUT2D eigenvalue weighted by molar-refractivity contribution is 5.93. The van der Waals surface area contributed by atoms with Gasteiger partial charge in [-0.3, -0.25) is 4.79 Å². The lowest BCUT2D eigenvalue weighted by molar-refractivity contribution is 0.0946. The Morgan fingerprint density at radius 2 is 1.73 bits per heavy atom. The summed E-state index contributed by atoms with van der Waals surface area (Å²) in [7, 11) is 0. The van der Waals surface area contributed by atoms with Gasteiger partial charge in [0.15, 0.2) is 5.82 Å². The van der Waals surface area contributed by atoms with Crippen LogP contribution in [-0.2, 0) is 13.1 Å². The van der Waals surface area contributed by atoms with E-state index >= 15 is 0 Å². The first-order valence-corrected chi connectivity index (χ1v) is 9.72. The largest absolute Gasteiger partial charge is 0.467 e. The normalized spacial score (nSPS) is 10.6. The summed E-state index contributed by atoms with van der Waals surface area (Å²) in [4.78, 5) is 21.9. The molecule has 150 valence electrons. The number of nitrogens with one attached hydrogen (secondary N) is 2. The van der Waals surface area contributed by atoms with Crippen molar-refractivity contribution in [2.45, 2.75) is 20.0 Å². The second-order valence-electron chi connectivity index (χ2n) is 6.93. The van der Waals surface area contributed by atoms with E-state index in [1.54, 1.807) is 12.3 Å². The summed E-state index contributed by atoms with van der Waals surface area (Å²) in [5.41, 5.74) is 3.35. The van der Waals surface area contributed by atoms with E-state index in [0.29, 0.717) is 30.4 Å². The van der Waals surface area contributed by atoms with Crippen LogP contribution in [0.2, 0.25) is 0 Å². The number of aromatic nitrogens is 2. The summed E-state index contributed by atoms with van der Waals surface area (Å²) in [6.07, 6.45) is 1.62. The van der Waals surface area contributed by atoms with Crippen LogP contribution < -0.4 is 10.6 Å². The molecule has 4 aromatic rings. The number of rotatable bonds is 7. The minimum atomic E-state index is -0.254. The van der Waals surface area contributed by atoms with Crippen LogP contribution in [0.5, 0.6) is 0 Å². The van der Waals surface area contributed by atoms with Gasteiger partial charge in [-0.2, -0.15) is 0 Å². The highest BCUT2D eigenvalue weighted by Crippen LogP contribution is 2.18. The third kappa shape index (κ3) is 4.91. The van der Waals surface area contributed by atoms with Gasteiger partial charge in [0.2, 0.25) is 0 Å². The van der Waals surface area contributed by atoms with Gasteiger partial charge in [0, 0.05) is 18.2 Å². The molecule has 0 atom stereocenters. The molecule has 0 aliphatic carbocycles. The zero-order valence-corrected chi connectivity index (χ0v) is 16.6. The van der Waals surface area contributed by atoms with Crippen molar-refractivity contribution in [2.24, 2.45) is 0 Å². The van der Waals surface area contributed by atoms with Gasteiger partial charge in [-0.05, 0) is 24.6 Å². The average molecular weight is 398 g/mol. The third-order valence-electron chi connectivity index (χ3n) is 4.59. The molecule has 0 radical (unpaired) electrons. The van der Waals surface area contributed by atoms with Crippen molar-refractivity contribution < 1.29 is 9.21 Å². The highest BCUT2D eigenvalue weighted by Gasteiger charge is 2.13. The zero-order valence-electron chi connectivity index (χ0n) is 16.6. The van der Waals surface area contributed by atoms with Crippen LogP contribution >= 0.6 is 0 Å². The fourth-order valence-electron chi connectivity index (χ4n) is 2.94. The number of carbonyl (C=O) groups is 1. The van der Waals surface area contributed by atoms with Crippen molar-refractivity contribution in [2.75, 3.05) is 5.32 Å². The summed E-state index contributed by atoms with van der Waals surface area (Å²) in [6.45, 7) is 2.92. The van der Waals surface area contributed by atoms with E-state index in [9.17, 15) is 4.79 Å². The van der Waals surface area contributed by atoms with Gasteiger partial charge in [0.05, 0.1) is 12.8 Å². The van der Waals surface area contributed by atoms with Crippen molar-refractivity contribution in [1.82, 2.24) is 15.3 Å². The lowest BCUT2D eigenvalue weighted by atomic mass is 10.1. The minimum Gasteiger partial charge on any atom is -0.467 e. The van der Waals surface area contributed by atoms with E-state index in [1.807, 2.05) is 73.7 Å². The van der Waals surface area contributed by atoms with Gasteiger partial charge in [-0.25, -0.2) is 9.97 Å². The monoisotopic (exact) mass is 398 g/mol. The number of carbonyl (C=O) groups excluding carboxylic acids is 1. The fraction of sp³-hybridized carbons (Fsp3) is 0.125. The molecule has 0 aliphatic heterocycles. The van der Waals surface area contributed by atoms with Crippen LogP contribution in [0.15, 0.2) is 83.5 Å². The lowest BCUT2D eigenvalue weighted by Gasteiger charge is -2.10. The smallest absolute Gasteiger partial charge is 0.270 e. The van der Waals surface area contributed by atoms with Crippen molar-refractivity contribution in [3.05, 3.63) is 102 Å². The summed E-state index contributed by atoms with van der Waals surface area (Å²) in [5, 5.41) is 6.14. The minimum absolute atomic E-state index is 0.254. The van der Waals surface area contributed by atoms with Crippen molar-refractivity contribution in [3.8, 4) is 11.4 Å². The van der Waals surface area contributed by atoms with Crippen LogP contribution in [0.3, 0.4) is 0 Å². The molecular formula is C24H22N4O2. The molecule has 2 aromatic heterocycles. The summed E-state index contributed by atoms with van der Waals surface area (Å²) < 4.78 is 5.36. The maximum atomic E-state index is 12.8. The van der Waals surface area contributed by atoms with E-state index < -0.39 is 0 Å². The number of amides is 1. The molecule has 2 aromatic carbocycles. The molecule has 1 amide bonds. The van der Waals surface area contributed by atoms with Gasteiger partial charge >= 0.3 is 0 Å². The molecular weight excluding hydrogens is 376 g/mol. The Kier molecular flexibility index (Phi) is 5.85. The maximum Gasteiger partial charge on any atom is 0.270 e. The second-order valence-corrected chi connectivity index (χ2v) is 6.93. The third-order valence-corrected chi connectivity index (χ3v) is 4.59. The van der Waals surface area contributed by atoms with Gasteiger partial charge in [0.25, 0.3) is 5.91 Å². The number of nitrogens with zero attached hydrogens (tertiary/aromatic N) is 2. The SMILES string of the molecule is Cc1ccc(CNC(=O)c2cc(NCc3ccco3)nc(-c3ccccc3)n2)cc1. The van der Waals surface area contributed by atoms with Crippen LogP contribution in [-0.4, -0.2) is 15.9 Å². The van der Waals surface area contributed by atoms with E-state index in [4.69, 9.17) is 4.42 Å². The van der Waals surface area contributed by atoms with Crippen molar-refractivity contribution in [3.63, 3.8) is 0 Å². The Morgan fingerprint density at radius 1 is 0.933 bits per heavy atom. The van der Waals surface area contributed by atoms with Crippen LogP contribution in [0.25, 0.3) is 11.4 Å². The zero-order chi connectivity index (χ0) is 20.8. The van der Waals surface area contributed by atoms with Gasteiger partial charge in [0.1, 0.15) is 17.3 Å². The number of anilines is 1. The van der Waals surface area contributed by atoms with E-state index in [0.717, 1.165) is 16.9 Å². The molecule has 0 unspecified atom stereocenters. The van der Waals surface area contributed by atoms with Crippen LogP contribution in [0.1, 0.15) is 27.4 Å². The van der Waals surface area contributed by atoms with Crippen LogP contribution in [0.4, 0.5) is 5.82 Å². The first-order valence-electron chi connectivity index (χ1n) is 9.72. The number of aryl methyl sites for hydroxylation is 1. The number of benzene rings is 2. The van der Waals surface area contributed by atoms with Crippen molar-refractivity contribution >= 4 is 11.7 Å². The van der Waals surface area contributed by atoms with Crippen LogP contribution in [0, 0.1) is 6.92 Å². The molecule has 2 N–H and O–H groups in total. The molecule has 0 spiro atoms. The fourth-order valence-corrected chi connectivity index (χ4v) is 2.94. The van der Waals surface area contributed by atoms with E-state index in [1.165, 1.54) is 5.56 Å². The Morgan fingerprint density at radius 3 is 2.47 bits per heavy atom. The Balaban J connectivity index is 1.56. The highest BCUT2D eigenvalue weighted by atomic mass is 16.3. The molecule has 6 heteroatoms. The van der Waals surface area contributed by atoms with Gasteiger partial charge in [-0.1, -0.05) is 60.2 Å². The second kappa shape index (κ2) is 9.05. The van der Waals surface area contributed by atoms with Gasteiger partial charge in [-0.15, -0.1) is 0 Å². The molecule has 30 heavy (non-hydrogen) atoms. The maximum absolute atomic E-state index is 12.8. The molecule has 4 rings (SSSR count). The molecule has 6 nitrogen and oxygen atoms in total. The molecule has 2 heterocycles. The molecule has 0 bridgehead atoms. The van der Waals surface area contributed by atoms with Crippen molar-refractivity contribution in [1.29, 1.82) is 0 Å². The first kappa shape index (κ1) is 19.4. The Labute approximate surface area is 175 Å². The average Bonchev–Trinajstić information content (AvgIpc) is 3.31. The number of furan rings is 1. The predicted octanol–water partition coefficient (Wildman–Crippen LogP) is 4.59. The lowest BCUT2D eigenvalue weighted by Crippen LogP contribution is -2.24. The topological polar surface area (TPSA) is 80.0 Å². The molecule has 0 fully saturated rings. The summed E-state index contributed by atoms with van der Waals surface area (Å²) in [6, 6.07) is 23.0. The molecule has 0 saturated heterocycles. The Hall–Kier alpha value is -3.93. The summed E-state index contributed by atoms with van der Waals surface area (Å²) >= 11 is 0. The van der Waals surface area contributed by atoms with Gasteiger partial charge < -0.3 is 15.1 Å². The molecule has 0 aliphatic rings. The standard InChI is InChI=1S/C24H22N4O2/c1-17-9-11-18(12-10-17)15-26-24(29)21-14-22(25-16-20-8-5-13-30-20)28-23(27-21)19-6-3-2-4-7-19/h2-14H,15-16H2,1H3,(H,26,29)(H,25,27,28). The number of hydrogen-bond donors (Lipinski definition) is 2.